The van der Waals surface area contributed by atoms with E-state index >= 15 is 0 Å². The summed E-state index contributed by atoms with van der Waals surface area (Å²) in [4.78, 5) is 15.7. The van der Waals surface area contributed by atoms with Gasteiger partial charge in [0.05, 0.1) is 6.61 Å². The number of alkyl halides is 3. The number of rotatable bonds is 4. The van der Waals surface area contributed by atoms with E-state index in [1.54, 1.807) is 12.1 Å². The molecule has 2 heterocycles. The van der Waals surface area contributed by atoms with E-state index in [1.165, 1.54) is 13.3 Å². The first-order valence-corrected chi connectivity index (χ1v) is 6.40. The second-order valence-electron chi connectivity index (χ2n) is 5.02. The van der Waals surface area contributed by atoms with Crippen molar-refractivity contribution in [2.24, 2.45) is 5.92 Å². The number of amides is 1. The molecule has 1 aliphatic rings. The van der Waals surface area contributed by atoms with E-state index in [4.69, 9.17) is 10.5 Å². The van der Waals surface area contributed by atoms with Gasteiger partial charge in [-0.1, -0.05) is 0 Å². The van der Waals surface area contributed by atoms with Gasteiger partial charge in [-0.25, -0.2) is 4.98 Å². The summed E-state index contributed by atoms with van der Waals surface area (Å²) in [6.45, 7) is 0.131. The van der Waals surface area contributed by atoms with Gasteiger partial charge < -0.3 is 15.8 Å². The van der Waals surface area contributed by atoms with Crippen molar-refractivity contribution in [3.05, 3.63) is 23.9 Å². The molecule has 0 radical (unpaired) electrons. The molecule has 21 heavy (non-hydrogen) atoms. The van der Waals surface area contributed by atoms with Crippen molar-refractivity contribution in [1.82, 2.24) is 10.3 Å². The summed E-state index contributed by atoms with van der Waals surface area (Å²) in [6.07, 6.45) is -3.29. The average molecular weight is 303 g/mol. The highest BCUT2D eigenvalue weighted by Gasteiger charge is 2.49. The number of methoxy groups -OCH3 is 1. The lowest BCUT2D eigenvalue weighted by Gasteiger charge is -2.21. The van der Waals surface area contributed by atoms with Gasteiger partial charge in [-0.2, -0.15) is 13.2 Å². The molecule has 116 valence electrons. The van der Waals surface area contributed by atoms with Gasteiger partial charge in [-0.3, -0.25) is 4.79 Å². The van der Waals surface area contributed by atoms with Crippen LogP contribution in [-0.4, -0.2) is 36.8 Å². The van der Waals surface area contributed by atoms with E-state index in [0.717, 1.165) is 0 Å². The zero-order chi connectivity index (χ0) is 15.6. The number of halogens is 3. The van der Waals surface area contributed by atoms with Gasteiger partial charge in [0.1, 0.15) is 11.9 Å². The molecule has 3 N–H and O–H groups in total. The molecule has 5 nitrogen and oxygen atoms in total. The summed E-state index contributed by atoms with van der Waals surface area (Å²) in [7, 11) is 1.44. The van der Waals surface area contributed by atoms with Crippen molar-refractivity contribution in [3.8, 4) is 0 Å². The first kappa shape index (κ1) is 15.6. The van der Waals surface area contributed by atoms with Crippen LogP contribution in [0.3, 0.4) is 0 Å². The number of carbonyl (C=O) groups is 1. The number of nitrogens with zero attached hydrogens (tertiary/aromatic N) is 1. The van der Waals surface area contributed by atoms with E-state index in [1.807, 2.05) is 5.32 Å². The average Bonchev–Trinajstić information content (AvgIpc) is 2.78. The number of aromatic nitrogens is 1. The van der Waals surface area contributed by atoms with Crippen molar-refractivity contribution >= 4 is 11.7 Å². The molecule has 0 spiro atoms. The predicted molar refractivity (Wildman–Crippen MR) is 69.4 cm³/mol. The lowest BCUT2D eigenvalue weighted by molar-refractivity contribution is -0.155. The highest BCUT2D eigenvalue weighted by Crippen LogP contribution is 2.37. The smallest absolute Gasteiger partial charge is 0.384 e. The van der Waals surface area contributed by atoms with Crippen molar-refractivity contribution in [3.63, 3.8) is 0 Å². The number of carbonyl (C=O) groups excluding carboxylic acids is 1. The number of nitrogens with one attached hydrogen (secondary N) is 1. The predicted octanol–water partition coefficient (Wildman–Crippen LogP) is 1.46. The maximum Gasteiger partial charge on any atom is 0.408 e. The Labute approximate surface area is 119 Å². The summed E-state index contributed by atoms with van der Waals surface area (Å²) in [5.74, 6) is -1.67. The van der Waals surface area contributed by atoms with Gasteiger partial charge in [-0.15, -0.1) is 0 Å². The molecule has 0 aromatic carbocycles. The van der Waals surface area contributed by atoms with Crippen molar-refractivity contribution in [1.29, 1.82) is 0 Å². The Balaban J connectivity index is 2.25. The number of ether oxygens (including phenoxy) is 1. The maximum atomic E-state index is 12.7. The van der Waals surface area contributed by atoms with Crippen LogP contribution in [0.2, 0.25) is 0 Å². The number of nitrogen functional groups attached to an aromatic ring is 1. The second-order valence-corrected chi connectivity index (χ2v) is 5.02. The molecule has 1 aromatic rings. The molecular weight excluding hydrogens is 287 g/mol. The minimum absolute atomic E-state index is 0.131. The van der Waals surface area contributed by atoms with Crippen LogP contribution in [0.4, 0.5) is 19.0 Å². The fourth-order valence-electron chi connectivity index (χ4n) is 2.58. The molecule has 0 saturated carbocycles. The van der Waals surface area contributed by atoms with Crippen LogP contribution in [0.1, 0.15) is 17.9 Å². The Morgan fingerprint density at radius 3 is 2.81 bits per heavy atom. The Kier molecular flexibility index (Phi) is 4.36. The molecule has 1 aliphatic heterocycles. The topological polar surface area (TPSA) is 77.2 Å². The molecule has 0 bridgehead atoms. The van der Waals surface area contributed by atoms with Gasteiger partial charge in [0.15, 0.2) is 0 Å². The molecule has 0 aliphatic carbocycles. The number of hydrogen-bond acceptors (Lipinski definition) is 4. The second kappa shape index (κ2) is 5.88. The van der Waals surface area contributed by atoms with Gasteiger partial charge in [0.25, 0.3) is 0 Å². The highest BCUT2D eigenvalue weighted by atomic mass is 19.4. The summed E-state index contributed by atoms with van der Waals surface area (Å²) in [6, 6.07) is 1.38. The van der Waals surface area contributed by atoms with Gasteiger partial charge in [-0.05, 0) is 24.1 Å². The Morgan fingerprint density at radius 1 is 1.57 bits per heavy atom. The molecule has 2 rings (SSSR count). The maximum absolute atomic E-state index is 12.7. The summed E-state index contributed by atoms with van der Waals surface area (Å²) >= 11 is 0. The number of hydrogen-bond donors (Lipinski definition) is 2. The highest BCUT2D eigenvalue weighted by molar-refractivity contribution is 5.82. The van der Waals surface area contributed by atoms with Crippen molar-refractivity contribution in [2.75, 3.05) is 19.5 Å². The van der Waals surface area contributed by atoms with E-state index in [2.05, 4.69) is 4.98 Å². The fraction of sp³-hybridized carbons (Fsp3) is 0.538. The van der Waals surface area contributed by atoms with Crippen LogP contribution in [0, 0.1) is 5.92 Å². The Morgan fingerprint density at radius 2 is 2.29 bits per heavy atom. The van der Waals surface area contributed by atoms with E-state index in [0.29, 0.717) is 5.56 Å². The summed E-state index contributed by atoms with van der Waals surface area (Å²) < 4.78 is 43.3. The number of anilines is 1. The number of nitrogens with two attached hydrogens (primary N) is 1. The lowest BCUT2D eigenvalue weighted by atomic mass is 9.84. The molecule has 1 fully saturated rings. The molecule has 3 atom stereocenters. The monoisotopic (exact) mass is 303 g/mol. The van der Waals surface area contributed by atoms with Crippen molar-refractivity contribution in [2.45, 2.75) is 24.6 Å². The summed E-state index contributed by atoms with van der Waals surface area (Å²) in [5.41, 5.74) is 6.24. The fourth-order valence-corrected chi connectivity index (χ4v) is 2.58. The summed E-state index contributed by atoms with van der Waals surface area (Å²) in [5, 5.41) is 2.00. The van der Waals surface area contributed by atoms with Gasteiger partial charge >= 0.3 is 6.18 Å². The quantitative estimate of drug-likeness (QED) is 0.883. The van der Waals surface area contributed by atoms with Crippen LogP contribution >= 0.6 is 0 Å². The van der Waals surface area contributed by atoms with Crippen LogP contribution in [-0.2, 0) is 9.53 Å². The van der Waals surface area contributed by atoms with Crippen LogP contribution < -0.4 is 11.1 Å². The van der Waals surface area contributed by atoms with Crippen LogP contribution in [0.25, 0.3) is 0 Å². The molecule has 1 amide bonds. The minimum Gasteiger partial charge on any atom is -0.384 e. The number of pyridine rings is 1. The van der Waals surface area contributed by atoms with Crippen LogP contribution in [0.15, 0.2) is 18.3 Å². The lowest BCUT2D eigenvalue weighted by Crippen LogP contribution is -2.38. The zero-order valence-corrected chi connectivity index (χ0v) is 11.4. The Hall–Kier alpha value is -1.83. The largest absolute Gasteiger partial charge is 0.408 e. The molecule has 1 saturated heterocycles. The normalized spacial score (nSPS) is 23.9. The van der Waals surface area contributed by atoms with Crippen molar-refractivity contribution < 1.29 is 22.7 Å². The SMILES string of the molecule is COCC(c1ccnc(N)c1)C1C[C@@H](C(F)(F)F)NC1=O. The molecule has 8 heteroatoms. The zero-order valence-electron chi connectivity index (χ0n) is 11.4. The van der Waals surface area contributed by atoms with E-state index in [9.17, 15) is 18.0 Å². The third-order valence-electron chi connectivity index (χ3n) is 3.60. The van der Waals surface area contributed by atoms with Crippen LogP contribution in [0.5, 0.6) is 0 Å². The van der Waals surface area contributed by atoms with E-state index < -0.39 is 30.0 Å². The Bertz CT molecular complexity index is 522. The van der Waals surface area contributed by atoms with Gasteiger partial charge in [0, 0.05) is 25.1 Å². The standard InChI is InChI=1S/C13H16F3N3O2/c1-21-6-9(7-2-3-18-11(17)4-7)8-5-10(13(14,15)16)19-12(8)20/h2-4,8-10H,5-6H2,1H3,(H2,17,18)(H,19,20)/t8?,9?,10-/m0/s1. The van der Waals surface area contributed by atoms with E-state index in [-0.39, 0.29) is 18.8 Å². The third-order valence-corrected chi connectivity index (χ3v) is 3.60. The molecule has 2 unspecified atom stereocenters. The molecule has 1 aromatic heterocycles. The third kappa shape index (κ3) is 3.44. The van der Waals surface area contributed by atoms with Gasteiger partial charge in [0.2, 0.25) is 5.91 Å². The first-order chi connectivity index (χ1) is 9.82. The first-order valence-electron chi connectivity index (χ1n) is 6.40. The minimum atomic E-state index is -4.45. The molecular formula is C13H16F3N3O2.